The third-order valence-corrected chi connectivity index (χ3v) is 6.99. The van der Waals surface area contributed by atoms with Crippen molar-refractivity contribution in [3.63, 3.8) is 0 Å². The maximum atomic E-state index is 12.7. The minimum absolute atomic E-state index is 0.0107. The highest BCUT2D eigenvalue weighted by Gasteiger charge is 2.30. The number of rotatable bonds is 7. The van der Waals surface area contributed by atoms with Crippen molar-refractivity contribution >= 4 is 15.7 Å². The highest BCUT2D eigenvalue weighted by molar-refractivity contribution is 7.89. The molecule has 1 heterocycles. The number of quaternary nitrogens is 2. The Balaban J connectivity index is 1.78. The first-order chi connectivity index (χ1) is 13.8. The Morgan fingerprint density at radius 3 is 2.17 bits per heavy atom. The van der Waals surface area contributed by atoms with Crippen molar-refractivity contribution in [2.24, 2.45) is 0 Å². The molecule has 2 aromatic carbocycles. The lowest BCUT2D eigenvalue weighted by Crippen LogP contribution is -3.27. The van der Waals surface area contributed by atoms with Gasteiger partial charge >= 0.3 is 0 Å². The number of nitro benzene ring substituents is 1. The van der Waals surface area contributed by atoms with Gasteiger partial charge in [-0.3, -0.25) is 10.1 Å². The summed E-state index contributed by atoms with van der Waals surface area (Å²) >= 11 is 0. The maximum Gasteiger partial charge on any atom is 0.269 e. The van der Waals surface area contributed by atoms with Crippen LogP contribution in [0.5, 0.6) is 0 Å². The summed E-state index contributed by atoms with van der Waals surface area (Å²) in [7, 11) is -1.58. The largest absolute Gasteiger partial charge is 0.328 e. The van der Waals surface area contributed by atoms with Crippen molar-refractivity contribution in [1.82, 2.24) is 4.72 Å². The van der Waals surface area contributed by atoms with E-state index >= 15 is 0 Å². The molecule has 0 spiro atoms. The molecule has 0 unspecified atom stereocenters. The number of sulfonamides is 1. The molecule has 1 aliphatic heterocycles. The number of hydrogen-bond acceptors (Lipinski definition) is 4. The Bertz CT molecular complexity index is 937. The first-order valence-electron chi connectivity index (χ1n) is 9.73. The molecular weight excluding hydrogens is 392 g/mol. The molecule has 0 radical (unpaired) electrons. The molecule has 0 bridgehead atoms. The van der Waals surface area contributed by atoms with Crippen molar-refractivity contribution in [2.45, 2.75) is 17.9 Å². The van der Waals surface area contributed by atoms with Gasteiger partial charge in [0.05, 0.1) is 23.4 Å². The van der Waals surface area contributed by atoms with Gasteiger partial charge in [0.15, 0.2) is 0 Å². The fraction of sp³-hybridized carbons (Fsp3) is 0.400. The van der Waals surface area contributed by atoms with Crippen LogP contribution in [0.15, 0.2) is 53.4 Å². The van der Waals surface area contributed by atoms with E-state index in [-0.39, 0.29) is 23.2 Å². The van der Waals surface area contributed by atoms with Crippen LogP contribution in [0.25, 0.3) is 0 Å². The molecule has 3 N–H and O–H groups in total. The molecule has 29 heavy (non-hydrogen) atoms. The van der Waals surface area contributed by atoms with E-state index in [1.165, 1.54) is 34.1 Å². The van der Waals surface area contributed by atoms with Crippen molar-refractivity contribution in [3.8, 4) is 0 Å². The minimum atomic E-state index is -3.75. The summed E-state index contributed by atoms with van der Waals surface area (Å²) in [6.07, 6.45) is 0. The van der Waals surface area contributed by atoms with Crippen molar-refractivity contribution in [2.75, 3.05) is 39.8 Å². The minimum Gasteiger partial charge on any atom is -0.328 e. The van der Waals surface area contributed by atoms with Gasteiger partial charge in [0, 0.05) is 17.7 Å². The van der Waals surface area contributed by atoms with Crippen molar-refractivity contribution < 1.29 is 23.1 Å². The first-order valence-corrected chi connectivity index (χ1v) is 11.2. The second-order valence-electron chi connectivity index (χ2n) is 7.68. The van der Waals surface area contributed by atoms with E-state index in [0.717, 1.165) is 37.3 Å². The summed E-state index contributed by atoms with van der Waals surface area (Å²) in [5.41, 5.74) is 2.14. The predicted octanol–water partition coefficient (Wildman–Crippen LogP) is -0.664. The molecule has 1 saturated heterocycles. The summed E-state index contributed by atoms with van der Waals surface area (Å²) in [5, 5.41) is 10.8. The molecule has 156 valence electrons. The highest BCUT2D eigenvalue weighted by Crippen LogP contribution is 2.17. The summed E-state index contributed by atoms with van der Waals surface area (Å²) in [4.78, 5) is 13.1. The van der Waals surface area contributed by atoms with Gasteiger partial charge in [0.2, 0.25) is 10.0 Å². The van der Waals surface area contributed by atoms with Crippen LogP contribution in [-0.4, -0.2) is 53.1 Å². The van der Waals surface area contributed by atoms with Gasteiger partial charge in [-0.05, 0) is 19.1 Å². The van der Waals surface area contributed by atoms with E-state index in [4.69, 9.17) is 0 Å². The monoisotopic (exact) mass is 420 g/mol. The number of non-ortho nitro benzene ring substituents is 1. The quantitative estimate of drug-likeness (QED) is 0.409. The smallest absolute Gasteiger partial charge is 0.269 e. The van der Waals surface area contributed by atoms with Crippen LogP contribution in [0.4, 0.5) is 5.69 Å². The number of benzene rings is 2. The number of hydrogen-bond donors (Lipinski definition) is 3. The zero-order valence-corrected chi connectivity index (χ0v) is 17.5. The van der Waals surface area contributed by atoms with Gasteiger partial charge < -0.3 is 9.80 Å². The molecule has 0 aromatic heterocycles. The van der Waals surface area contributed by atoms with E-state index in [0.29, 0.717) is 0 Å². The topological polar surface area (TPSA) is 98.2 Å². The Labute approximate surface area is 171 Å². The van der Waals surface area contributed by atoms with Crippen LogP contribution in [0, 0.1) is 17.0 Å². The van der Waals surface area contributed by atoms with Crippen LogP contribution >= 0.6 is 0 Å². The van der Waals surface area contributed by atoms with E-state index in [2.05, 4.69) is 23.9 Å². The summed E-state index contributed by atoms with van der Waals surface area (Å²) in [5.74, 6) is 0. The van der Waals surface area contributed by atoms with Crippen molar-refractivity contribution in [3.05, 3.63) is 69.8 Å². The second-order valence-corrected chi connectivity index (χ2v) is 9.45. The lowest BCUT2D eigenvalue weighted by molar-refractivity contribution is -1.02. The fourth-order valence-corrected chi connectivity index (χ4v) is 4.71. The molecule has 1 aliphatic rings. The number of piperazine rings is 1. The number of nitrogens with zero attached hydrogens (tertiary/aromatic N) is 1. The maximum absolute atomic E-state index is 12.7. The molecule has 3 rings (SSSR count). The number of nitro groups is 1. The Morgan fingerprint density at radius 2 is 1.62 bits per heavy atom. The third-order valence-electron chi connectivity index (χ3n) is 5.55. The van der Waals surface area contributed by atoms with Gasteiger partial charge in [-0.2, -0.15) is 0 Å². The molecule has 9 heteroatoms. The predicted molar refractivity (Wildman–Crippen MR) is 110 cm³/mol. The van der Waals surface area contributed by atoms with Crippen LogP contribution < -0.4 is 14.5 Å². The lowest BCUT2D eigenvalue weighted by Gasteiger charge is -2.33. The van der Waals surface area contributed by atoms with Crippen molar-refractivity contribution in [1.29, 1.82) is 0 Å². The Hall–Kier alpha value is -2.33. The average Bonchev–Trinajstić information content (AvgIpc) is 2.70. The molecule has 0 amide bonds. The molecule has 1 atom stereocenters. The molecular formula is C20H28N4O4S+2. The molecule has 1 fully saturated rings. The molecule has 0 saturated carbocycles. The SMILES string of the molecule is Cc1ccc([C@H](CNS(=O)(=O)c2ccc([N+](=O)[O-])cc2)[NH+]2CC[NH+](C)CC2)cc1. The van der Waals surface area contributed by atoms with Gasteiger partial charge in [-0.15, -0.1) is 0 Å². The van der Waals surface area contributed by atoms with E-state index < -0.39 is 14.9 Å². The number of aryl methyl sites for hydroxylation is 1. The molecule has 0 aliphatic carbocycles. The van der Waals surface area contributed by atoms with Crippen LogP contribution in [0.3, 0.4) is 0 Å². The first kappa shape index (κ1) is 21.4. The lowest BCUT2D eigenvalue weighted by atomic mass is 10.0. The van der Waals surface area contributed by atoms with Gasteiger partial charge in [-0.1, -0.05) is 29.8 Å². The van der Waals surface area contributed by atoms with E-state index in [1.54, 1.807) is 0 Å². The zero-order chi connectivity index (χ0) is 21.0. The second kappa shape index (κ2) is 9.00. The average molecular weight is 421 g/mol. The Kier molecular flexibility index (Phi) is 6.63. The number of nitrogens with one attached hydrogen (secondary N) is 3. The van der Waals surface area contributed by atoms with E-state index in [9.17, 15) is 18.5 Å². The summed E-state index contributed by atoms with van der Waals surface area (Å²) in [6, 6.07) is 13.2. The highest BCUT2D eigenvalue weighted by atomic mass is 32.2. The van der Waals surface area contributed by atoms with Crippen LogP contribution in [0.1, 0.15) is 17.2 Å². The molecule has 2 aromatic rings. The van der Waals surface area contributed by atoms with Gasteiger partial charge in [-0.25, -0.2) is 13.1 Å². The van der Waals surface area contributed by atoms with E-state index in [1.807, 2.05) is 19.1 Å². The fourth-order valence-electron chi connectivity index (χ4n) is 3.67. The van der Waals surface area contributed by atoms with Gasteiger partial charge in [0.1, 0.15) is 32.2 Å². The van der Waals surface area contributed by atoms with Crippen LogP contribution in [-0.2, 0) is 10.0 Å². The number of likely N-dealkylation sites (N-methyl/N-ethyl adjacent to an activating group) is 1. The molecule has 8 nitrogen and oxygen atoms in total. The van der Waals surface area contributed by atoms with Gasteiger partial charge in [0.25, 0.3) is 5.69 Å². The standard InChI is InChI=1S/C20H26N4O4S/c1-16-3-5-17(6-4-16)20(23-13-11-22(2)12-14-23)15-21-29(27,28)19-9-7-18(8-10-19)24(25)26/h3-10,20-21H,11-15H2,1-2H3/p+2/t20-/m0/s1. The van der Waals surface area contributed by atoms with Crippen LogP contribution in [0.2, 0.25) is 0 Å². The normalized spacial score (nSPS) is 20.9. The summed E-state index contributed by atoms with van der Waals surface area (Å²) in [6.45, 7) is 6.35. The third kappa shape index (κ3) is 5.39. The zero-order valence-electron chi connectivity index (χ0n) is 16.7. The summed E-state index contributed by atoms with van der Waals surface area (Å²) < 4.78 is 28.2. The Morgan fingerprint density at radius 1 is 1.03 bits per heavy atom.